The zero-order valence-corrected chi connectivity index (χ0v) is 9.00. The lowest BCUT2D eigenvalue weighted by Crippen LogP contribution is -2.35. The highest BCUT2D eigenvalue weighted by molar-refractivity contribution is 4.80. The predicted octanol–water partition coefficient (Wildman–Crippen LogP) is 4.26. The quantitative estimate of drug-likeness (QED) is 0.619. The maximum Gasteiger partial charge on any atom is 0.391 e. The summed E-state index contributed by atoms with van der Waals surface area (Å²) in [4.78, 5) is 0. The fourth-order valence-corrected chi connectivity index (χ4v) is 1.94. The highest BCUT2D eigenvalue weighted by Gasteiger charge is 2.44. The molecule has 0 nitrogen and oxygen atoms in total. The molecule has 0 heterocycles. The molecular weight excluding hydrogens is 177 g/mol. The van der Waals surface area contributed by atoms with E-state index in [4.69, 9.17) is 0 Å². The van der Waals surface area contributed by atoms with Gasteiger partial charge in [-0.05, 0) is 11.3 Å². The molecule has 13 heavy (non-hydrogen) atoms. The molecule has 0 aliphatic rings. The molecule has 3 heteroatoms. The van der Waals surface area contributed by atoms with Crippen molar-refractivity contribution < 1.29 is 13.2 Å². The first kappa shape index (κ1) is 12.8. The molecule has 0 aliphatic carbocycles. The van der Waals surface area contributed by atoms with Crippen molar-refractivity contribution in [1.29, 1.82) is 0 Å². The van der Waals surface area contributed by atoms with Gasteiger partial charge in [-0.15, -0.1) is 0 Å². The van der Waals surface area contributed by atoms with E-state index in [1.165, 1.54) is 6.92 Å². The zero-order valence-electron chi connectivity index (χ0n) is 9.00. The van der Waals surface area contributed by atoms with E-state index in [1.54, 1.807) is 0 Å². The highest BCUT2D eigenvalue weighted by Crippen LogP contribution is 2.42. The molecular formula is C10H19F3. The third-order valence-electron chi connectivity index (χ3n) is 2.67. The van der Waals surface area contributed by atoms with Crippen molar-refractivity contribution in [2.75, 3.05) is 0 Å². The molecule has 0 radical (unpaired) electrons. The molecule has 0 saturated carbocycles. The molecule has 2 unspecified atom stereocenters. The van der Waals surface area contributed by atoms with Crippen LogP contribution in [0.5, 0.6) is 0 Å². The van der Waals surface area contributed by atoms with Crippen LogP contribution in [0, 0.1) is 17.3 Å². The Morgan fingerprint density at radius 3 is 1.54 bits per heavy atom. The van der Waals surface area contributed by atoms with Crippen molar-refractivity contribution in [3.8, 4) is 0 Å². The molecule has 0 aliphatic heterocycles. The van der Waals surface area contributed by atoms with Gasteiger partial charge >= 0.3 is 6.18 Å². The van der Waals surface area contributed by atoms with Crippen LogP contribution in [0.4, 0.5) is 13.2 Å². The number of alkyl halides is 3. The fourth-order valence-electron chi connectivity index (χ4n) is 1.94. The van der Waals surface area contributed by atoms with Gasteiger partial charge in [0, 0.05) is 0 Å². The van der Waals surface area contributed by atoms with Gasteiger partial charge in [0.15, 0.2) is 0 Å². The van der Waals surface area contributed by atoms with E-state index in [-0.39, 0.29) is 11.3 Å². The van der Waals surface area contributed by atoms with E-state index in [2.05, 4.69) is 0 Å². The lowest BCUT2D eigenvalue weighted by atomic mass is 9.72. The second-order valence-electron chi connectivity index (χ2n) is 4.71. The molecule has 0 rings (SSSR count). The van der Waals surface area contributed by atoms with Gasteiger partial charge in [-0.1, -0.05) is 41.0 Å². The minimum atomic E-state index is -4.06. The minimum Gasteiger partial charge on any atom is -0.171 e. The number of halogens is 3. The summed E-state index contributed by atoms with van der Waals surface area (Å²) < 4.78 is 37.2. The van der Waals surface area contributed by atoms with Crippen molar-refractivity contribution in [1.82, 2.24) is 0 Å². The maximum absolute atomic E-state index is 12.4. The Balaban J connectivity index is 4.61. The average Bonchev–Trinajstić information content (AvgIpc) is 1.83. The van der Waals surface area contributed by atoms with Crippen LogP contribution in [0.1, 0.15) is 41.0 Å². The van der Waals surface area contributed by atoms with E-state index in [0.717, 1.165) is 0 Å². The molecule has 80 valence electrons. The van der Waals surface area contributed by atoms with Gasteiger partial charge in [0.05, 0.1) is 5.92 Å². The smallest absolute Gasteiger partial charge is 0.171 e. The summed E-state index contributed by atoms with van der Waals surface area (Å²) in [7, 11) is 0. The Labute approximate surface area is 78.5 Å². The Morgan fingerprint density at radius 2 is 1.46 bits per heavy atom. The van der Waals surface area contributed by atoms with E-state index < -0.39 is 12.1 Å². The van der Waals surface area contributed by atoms with Crippen LogP contribution in [0.2, 0.25) is 0 Å². The monoisotopic (exact) mass is 196 g/mol. The van der Waals surface area contributed by atoms with Crippen molar-refractivity contribution in [2.45, 2.75) is 47.2 Å². The molecule has 0 aromatic carbocycles. The van der Waals surface area contributed by atoms with E-state index in [0.29, 0.717) is 6.42 Å². The number of rotatable bonds is 2. The highest BCUT2D eigenvalue weighted by atomic mass is 19.4. The molecule has 0 aromatic heterocycles. The lowest BCUT2D eigenvalue weighted by molar-refractivity contribution is -0.193. The predicted molar refractivity (Wildman–Crippen MR) is 48.5 cm³/mol. The first-order valence-electron chi connectivity index (χ1n) is 4.67. The van der Waals surface area contributed by atoms with Gasteiger partial charge in [0.2, 0.25) is 0 Å². The van der Waals surface area contributed by atoms with Gasteiger partial charge < -0.3 is 0 Å². The third kappa shape index (κ3) is 3.57. The van der Waals surface area contributed by atoms with Crippen LogP contribution in [0.15, 0.2) is 0 Å². The van der Waals surface area contributed by atoms with E-state index in [1.807, 2.05) is 27.7 Å². The standard InChI is InChI=1S/C10H19F3/c1-6-8(9(3,4)5)7(2)10(11,12)13/h7-8H,6H2,1-5H3. The SMILES string of the molecule is CCC(C(C)C(F)(F)F)C(C)(C)C. The summed E-state index contributed by atoms with van der Waals surface area (Å²) in [5.74, 6) is -1.51. The van der Waals surface area contributed by atoms with Gasteiger partial charge in [-0.2, -0.15) is 13.2 Å². The van der Waals surface area contributed by atoms with Crippen LogP contribution in [0.3, 0.4) is 0 Å². The molecule has 0 amide bonds. The molecule has 0 bridgehead atoms. The van der Waals surface area contributed by atoms with Crippen molar-refractivity contribution in [2.24, 2.45) is 17.3 Å². The van der Waals surface area contributed by atoms with Crippen LogP contribution in [-0.2, 0) is 0 Å². The summed E-state index contributed by atoms with van der Waals surface area (Å²) in [5, 5.41) is 0. The minimum absolute atomic E-state index is 0.274. The lowest BCUT2D eigenvalue weighted by Gasteiger charge is -2.35. The summed E-state index contributed by atoms with van der Waals surface area (Å²) >= 11 is 0. The first-order valence-corrected chi connectivity index (χ1v) is 4.67. The first-order chi connectivity index (χ1) is 5.60. The van der Waals surface area contributed by atoms with Crippen LogP contribution in [-0.4, -0.2) is 6.18 Å². The van der Waals surface area contributed by atoms with Crippen molar-refractivity contribution in [3.05, 3.63) is 0 Å². The summed E-state index contributed by atoms with van der Waals surface area (Å²) in [6.07, 6.45) is -3.49. The number of hydrogen-bond acceptors (Lipinski definition) is 0. The van der Waals surface area contributed by atoms with Crippen LogP contribution >= 0.6 is 0 Å². The van der Waals surface area contributed by atoms with Crippen LogP contribution in [0.25, 0.3) is 0 Å². The second-order valence-corrected chi connectivity index (χ2v) is 4.71. The van der Waals surface area contributed by atoms with E-state index >= 15 is 0 Å². The normalized spacial score (nSPS) is 18.5. The van der Waals surface area contributed by atoms with Gasteiger partial charge in [0.25, 0.3) is 0 Å². The van der Waals surface area contributed by atoms with Gasteiger partial charge in [-0.25, -0.2) is 0 Å². The van der Waals surface area contributed by atoms with Crippen molar-refractivity contribution >= 4 is 0 Å². The van der Waals surface area contributed by atoms with Gasteiger partial charge in [0.1, 0.15) is 0 Å². The molecule has 0 saturated heterocycles. The fraction of sp³-hybridized carbons (Fsp3) is 1.00. The van der Waals surface area contributed by atoms with Crippen molar-refractivity contribution in [3.63, 3.8) is 0 Å². The summed E-state index contributed by atoms with van der Waals surface area (Å²) in [5.41, 5.74) is -0.274. The Bertz CT molecular complexity index is 153. The van der Waals surface area contributed by atoms with Crippen LogP contribution < -0.4 is 0 Å². The molecule has 0 aromatic rings. The summed E-state index contributed by atoms with van der Waals surface area (Å²) in [6.45, 7) is 8.69. The summed E-state index contributed by atoms with van der Waals surface area (Å²) in [6, 6.07) is 0. The Hall–Kier alpha value is -0.210. The molecule has 2 atom stereocenters. The second kappa shape index (κ2) is 3.89. The molecule has 0 N–H and O–H groups in total. The topological polar surface area (TPSA) is 0 Å². The van der Waals surface area contributed by atoms with Gasteiger partial charge in [-0.3, -0.25) is 0 Å². The Kier molecular flexibility index (Phi) is 3.82. The third-order valence-corrected chi connectivity index (χ3v) is 2.67. The largest absolute Gasteiger partial charge is 0.391 e. The maximum atomic E-state index is 12.4. The molecule has 0 spiro atoms. The average molecular weight is 196 g/mol. The number of hydrogen-bond donors (Lipinski definition) is 0. The Morgan fingerprint density at radius 1 is 1.08 bits per heavy atom. The molecule has 0 fully saturated rings. The zero-order chi connectivity index (χ0) is 10.9. The van der Waals surface area contributed by atoms with E-state index in [9.17, 15) is 13.2 Å².